The summed E-state index contributed by atoms with van der Waals surface area (Å²) in [7, 11) is 0. The summed E-state index contributed by atoms with van der Waals surface area (Å²) in [5, 5.41) is 2.89. The van der Waals surface area contributed by atoms with Crippen LogP contribution in [0.4, 0.5) is 0 Å². The number of nitrogens with one attached hydrogen (secondary N) is 1. The fraction of sp³-hybridized carbons (Fsp3) is 0.533. The first-order valence-corrected chi connectivity index (χ1v) is 6.90. The van der Waals surface area contributed by atoms with Gasteiger partial charge in [0.25, 0.3) is 0 Å². The number of carbonyl (C=O) groups is 1. The lowest BCUT2D eigenvalue weighted by atomic mass is 10.0. The van der Waals surface area contributed by atoms with E-state index in [2.05, 4.69) is 12.2 Å². The van der Waals surface area contributed by atoms with Gasteiger partial charge in [0, 0.05) is 13.0 Å². The molecule has 1 aromatic rings. The molecule has 1 aromatic carbocycles. The Morgan fingerprint density at radius 3 is 2.74 bits per heavy atom. The second kappa shape index (κ2) is 9.39. The molecule has 0 radical (unpaired) electrons. The zero-order valence-electron chi connectivity index (χ0n) is 11.6. The number of carbonyl (C=O) groups excluding carboxylic acids is 1. The number of ether oxygens (including phenoxy) is 1. The molecule has 4 heteroatoms. The van der Waals surface area contributed by atoms with Crippen LogP contribution in [0.5, 0.6) is 5.75 Å². The van der Waals surface area contributed by atoms with Crippen molar-refractivity contribution in [3.05, 3.63) is 30.3 Å². The van der Waals surface area contributed by atoms with Gasteiger partial charge in [-0.15, -0.1) is 0 Å². The molecule has 3 N–H and O–H groups in total. The summed E-state index contributed by atoms with van der Waals surface area (Å²) >= 11 is 0. The minimum absolute atomic E-state index is 0.0806. The SMILES string of the molecule is CCC(CN)CC(=O)NCCCOc1ccccc1. The standard InChI is InChI=1S/C15H24N2O2/c1-2-13(12-16)11-15(18)17-9-6-10-19-14-7-4-3-5-8-14/h3-5,7-8,13H,2,6,9-12,16H2,1H3,(H,17,18). The van der Waals surface area contributed by atoms with E-state index in [1.165, 1.54) is 0 Å². The zero-order chi connectivity index (χ0) is 13.9. The highest BCUT2D eigenvalue weighted by atomic mass is 16.5. The topological polar surface area (TPSA) is 64.4 Å². The maximum absolute atomic E-state index is 11.6. The summed E-state index contributed by atoms with van der Waals surface area (Å²) in [4.78, 5) is 11.6. The van der Waals surface area contributed by atoms with Crippen molar-refractivity contribution in [1.82, 2.24) is 5.32 Å². The Morgan fingerprint density at radius 1 is 1.37 bits per heavy atom. The molecule has 0 saturated carbocycles. The van der Waals surface area contributed by atoms with Crippen molar-refractivity contribution in [3.8, 4) is 5.75 Å². The van der Waals surface area contributed by atoms with E-state index in [-0.39, 0.29) is 5.91 Å². The molecule has 1 rings (SSSR count). The molecule has 0 saturated heterocycles. The van der Waals surface area contributed by atoms with Gasteiger partial charge in [-0.3, -0.25) is 4.79 Å². The van der Waals surface area contributed by atoms with Crippen molar-refractivity contribution in [3.63, 3.8) is 0 Å². The second-order valence-electron chi connectivity index (χ2n) is 4.58. The monoisotopic (exact) mass is 264 g/mol. The van der Waals surface area contributed by atoms with Gasteiger partial charge in [0.05, 0.1) is 6.61 Å². The molecule has 0 aliphatic rings. The van der Waals surface area contributed by atoms with E-state index in [4.69, 9.17) is 10.5 Å². The van der Waals surface area contributed by atoms with Crippen LogP contribution in [0.3, 0.4) is 0 Å². The first kappa shape index (κ1) is 15.5. The van der Waals surface area contributed by atoms with Crippen LogP contribution in [0.25, 0.3) is 0 Å². The number of para-hydroxylation sites is 1. The molecule has 19 heavy (non-hydrogen) atoms. The van der Waals surface area contributed by atoms with Crippen LogP contribution in [0.2, 0.25) is 0 Å². The van der Waals surface area contributed by atoms with Gasteiger partial charge in [0.2, 0.25) is 5.91 Å². The third-order valence-electron chi connectivity index (χ3n) is 3.04. The van der Waals surface area contributed by atoms with E-state index in [0.29, 0.717) is 32.0 Å². The van der Waals surface area contributed by atoms with Crippen molar-refractivity contribution in [1.29, 1.82) is 0 Å². The molecule has 1 amide bonds. The smallest absolute Gasteiger partial charge is 0.220 e. The Labute approximate surface area is 115 Å². The molecule has 0 bridgehead atoms. The van der Waals surface area contributed by atoms with Gasteiger partial charge in [0.1, 0.15) is 5.75 Å². The number of hydrogen-bond donors (Lipinski definition) is 2. The Bertz CT molecular complexity index is 350. The molecule has 0 heterocycles. The fourth-order valence-electron chi connectivity index (χ4n) is 1.74. The molecule has 0 fully saturated rings. The summed E-state index contributed by atoms with van der Waals surface area (Å²) in [6.45, 7) is 3.88. The number of amides is 1. The van der Waals surface area contributed by atoms with E-state index in [1.807, 2.05) is 30.3 Å². The largest absolute Gasteiger partial charge is 0.494 e. The predicted octanol–water partition coefficient (Wildman–Crippen LogP) is 1.95. The first-order valence-electron chi connectivity index (χ1n) is 6.90. The lowest BCUT2D eigenvalue weighted by Crippen LogP contribution is -2.29. The molecule has 106 valence electrons. The third kappa shape index (κ3) is 6.82. The highest BCUT2D eigenvalue weighted by Gasteiger charge is 2.09. The number of benzene rings is 1. The summed E-state index contributed by atoms with van der Waals surface area (Å²) in [5.41, 5.74) is 5.57. The summed E-state index contributed by atoms with van der Waals surface area (Å²) in [6.07, 6.45) is 2.27. The second-order valence-corrected chi connectivity index (χ2v) is 4.58. The molecule has 0 aromatic heterocycles. The molecule has 0 aliphatic carbocycles. The predicted molar refractivity (Wildman–Crippen MR) is 77.0 cm³/mol. The number of nitrogens with two attached hydrogens (primary N) is 1. The number of rotatable bonds is 9. The summed E-state index contributed by atoms with van der Waals surface area (Å²) < 4.78 is 5.54. The van der Waals surface area contributed by atoms with Gasteiger partial charge in [-0.2, -0.15) is 0 Å². The highest BCUT2D eigenvalue weighted by Crippen LogP contribution is 2.08. The van der Waals surface area contributed by atoms with Crippen LogP contribution >= 0.6 is 0 Å². The van der Waals surface area contributed by atoms with Gasteiger partial charge in [-0.1, -0.05) is 31.5 Å². The van der Waals surface area contributed by atoms with Crippen LogP contribution < -0.4 is 15.8 Å². The molecule has 1 unspecified atom stereocenters. The molecular formula is C15H24N2O2. The van der Waals surface area contributed by atoms with Gasteiger partial charge in [-0.25, -0.2) is 0 Å². The minimum Gasteiger partial charge on any atom is -0.494 e. The molecule has 4 nitrogen and oxygen atoms in total. The van der Waals surface area contributed by atoms with Crippen molar-refractivity contribution >= 4 is 5.91 Å². The molecular weight excluding hydrogens is 240 g/mol. The van der Waals surface area contributed by atoms with E-state index in [9.17, 15) is 4.79 Å². The van der Waals surface area contributed by atoms with Crippen molar-refractivity contribution in [2.24, 2.45) is 11.7 Å². The normalized spacial score (nSPS) is 11.9. The average molecular weight is 264 g/mol. The average Bonchev–Trinajstić information content (AvgIpc) is 2.45. The molecule has 0 aliphatic heterocycles. The van der Waals surface area contributed by atoms with E-state index in [1.54, 1.807) is 0 Å². The zero-order valence-corrected chi connectivity index (χ0v) is 11.6. The lowest BCUT2D eigenvalue weighted by molar-refractivity contribution is -0.122. The third-order valence-corrected chi connectivity index (χ3v) is 3.04. The molecule has 0 spiro atoms. The van der Waals surface area contributed by atoms with Gasteiger partial charge in [0.15, 0.2) is 0 Å². The van der Waals surface area contributed by atoms with Crippen LogP contribution in [0.15, 0.2) is 30.3 Å². The van der Waals surface area contributed by atoms with E-state index >= 15 is 0 Å². The van der Waals surface area contributed by atoms with Crippen LogP contribution in [0, 0.1) is 5.92 Å². The Kier molecular flexibility index (Phi) is 7.66. The maximum atomic E-state index is 11.6. The van der Waals surface area contributed by atoms with Crippen LogP contribution in [-0.2, 0) is 4.79 Å². The summed E-state index contributed by atoms with van der Waals surface area (Å²) in [5.74, 6) is 1.24. The highest BCUT2D eigenvalue weighted by molar-refractivity contribution is 5.76. The van der Waals surface area contributed by atoms with Crippen molar-refractivity contribution in [2.75, 3.05) is 19.7 Å². The molecule has 1 atom stereocenters. The number of hydrogen-bond acceptors (Lipinski definition) is 3. The minimum atomic E-state index is 0.0806. The first-order chi connectivity index (χ1) is 9.26. The Hall–Kier alpha value is -1.55. The maximum Gasteiger partial charge on any atom is 0.220 e. The van der Waals surface area contributed by atoms with Crippen LogP contribution in [0.1, 0.15) is 26.2 Å². The van der Waals surface area contributed by atoms with Gasteiger partial charge < -0.3 is 15.8 Å². The lowest BCUT2D eigenvalue weighted by Gasteiger charge is -2.12. The quantitative estimate of drug-likeness (QED) is 0.670. The van der Waals surface area contributed by atoms with Gasteiger partial charge >= 0.3 is 0 Å². The Balaban J connectivity index is 2.06. The van der Waals surface area contributed by atoms with Gasteiger partial charge in [-0.05, 0) is 31.0 Å². The fourth-order valence-corrected chi connectivity index (χ4v) is 1.74. The van der Waals surface area contributed by atoms with E-state index < -0.39 is 0 Å². The van der Waals surface area contributed by atoms with E-state index in [0.717, 1.165) is 18.6 Å². The summed E-state index contributed by atoms with van der Waals surface area (Å²) in [6, 6.07) is 9.68. The van der Waals surface area contributed by atoms with Crippen LogP contribution in [-0.4, -0.2) is 25.6 Å². The van der Waals surface area contributed by atoms with Crippen molar-refractivity contribution in [2.45, 2.75) is 26.2 Å². The Morgan fingerprint density at radius 2 is 2.11 bits per heavy atom. The van der Waals surface area contributed by atoms with Crippen molar-refractivity contribution < 1.29 is 9.53 Å².